The normalized spacial score (nSPS) is 11.3. The Bertz CT molecular complexity index is 1300. The second-order valence-electron chi connectivity index (χ2n) is 7.39. The van der Waals surface area contributed by atoms with Gasteiger partial charge in [0.2, 0.25) is 11.7 Å². The molecule has 4 aromatic rings. The highest BCUT2D eigenvalue weighted by Crippen LogP contribution is 2.22. The molecule has 0 fully saturated rings. The summed E-state index contributed by atoms with van der Waals surface area (Å²) >= 11 is 3.04. The molecule has 0 spiro atoms. The topological polar surface area (TPSA) is 81.3 Å². The van der Waals surface area contributed by atoms with E-state index in [0.29, 0.717) is 29.4 Å². The Labute approximate surface area is 194 Å². The van der Waals surface area contributed by atoms with Gasteiger partial charge in [-0.15, -0.1) is 22.0 Å². The Balaban J connectivity index is 1.42. The molecule has 2 aromatic carbocycles. The summed E-state index contributed by atoms with van der Waals surface area (Å²) in [7, 11) is 0. The zero-order valence-electron chi connectivity index (χ0n) is 18.1. The largest absolute Gasteiger partial charge is 0.355 e. The van der Waals surface area contributed by atoms with E-state index >= 15 is 0 Å². The summed E-state index contributed by atoms with van der Waals surface area (Å²) in [6.45, 7) is 5.24. The average molecular weight is 468 g/mol. The highest BCUT2D eigenvalue weighted by molar-refractivity contribution is 7.99. The zero-order valence-corrected chi connectivity index (χ0v) is 19.7. The molecule has 166 valence electrons. The smallest absolute Gasteiger partial charge is 0.262 e. The lowest BCUT2D eigenvalue weighted by atomic mass is 10.2. The van der Waals surface area contributed by atoms with Crippen molar-refractivity contribution in [2.45, 2.75) is 36.9 Å². The van der Waals surface area contributed by atoms with Crippen molar-refractivity contribution in [3.05, 3.63) is 64.4 Å². The lowest BCUT2D eigenvalue weighted by Gasteiger charge is -2.10. The molecular formula is C23H25N5O2S2. The van der Waals surface area contributed by atoms with E-state index in [4.69, 9.17) is 0 Å². The number of thioether (sulfide) groups is 2. The number of aryl methyl sites for hydroxylation is 2. The van der Waals surface area contributed by atoms with E-state index in [2.05, 4.69) is 46.7 Å². The van der Waals surface area contributed by atoms with Crippen molar-refractivity contribution >= 4 is 46.1 Å². The maximum absolute atomic E-state index is 12.9. The van der Waals surface area contributed by atoms with Crippen LogP contribution >= 0.6 is 23.5 Å². The third-order valence-electron chi connectivity index (χ3n) is 4.97. The Kier molecular flexibility index (Phi) is 7.16. The molecule has 2 aromatic heterocycles. The SMILES string of the molecule is CCCn1c(=O)c2ccccc2n2c(SCC(=O)NCCSc3ccc(C)cc3)nnc12. The van der Waals surface area contributed by atoms with Gasteiger partial charge in [0.15, 0.2) is 5.16 Å². The van der Waals surface area contributed by atoms with E-state index in [9.17, 15) is 9.59 Å². The highest BCUT2D eigenvalue weighted by Gasteiger charge is 2.17. The fraction of sp³-hybridized carbons (Fsp3) is 0.304. The molecule has 4 rings (SSSR count). The molecule has 7 nitrogen and oxygen atoms in total. The number of amides is 1. The van der Waals surface area contributed by atoms with Crippen molar-refractivity contribution in [2.24, 2.45) is 0 Å². The average Bonchev–Trinajstić information content (AvgIpc) is 3.23. The van der Waals surface area contributed by atoms with E-state index < -0.39 is 0 Å². The summed E-state index contributed by atoms with van der Waals surface area (Å²) in [6, 6.07) is 15.8. The van der Waals surface area contributed by atoms with Crippen molar-refractivity contribution in [1.29, 1.82) is 0 Å². The second-order valence-corrected chi connectivity index (χ2v) is 9.50. The number of carbonyl (C=O) groups is 1. The number of fused-ring (bicyclic) bond motifs is 3. The van der Waals surface area contributed by atoms with Crippen molar-refractivity contribution in [1.82, 2.24) is 24.5 Å². The lowest BCUT2D eigenvalue weighted by molar-refractivity contribution is -0.118. The number of rotatable bonds is 9. The number of benzene rings is 2. The molecule has 0 aliphatic heterocycles. The Morgan fingerprint density at radius 3 is 2.62 bits per heavy atom. The van der Waals surface area contributed by atoms with Gasteiger partial charge in [0.05, 0.1) is 16.7 Å². The van der Waals surface area contributed by atoms with Crippen molar-refractivity contribution in [3.63, 3.8) is 0 Å². The summed E-state index contributed by atoms with van der Waals surface area (Å²) in [5.41, 5.74) is 1.92. The maximum Gasteiger partial charge on any atom is 0.262 e. The first-order chi connectivity index (χ1) is 15.6. The van der Waals surface area contributed by atoms with Crippen molar-refractivity contribution < 1.29 is 4.79 Å². The summed E-state index contributed by atoms with van der Waals surface area (Å²) in [5, 5.41) is 12.7. The van der Waals surface area contributed by atoms with E-state index in [0.717, 1.165) is 17.7 Å². The molecule has 0 atom stereocenters. The van der Waals surface area contributed by atoms with Crippen LogP contribution in [0.25, 0.3) is 16.7 Å². The summed E-state index contributed by atoms with van der Waals surface area (Å²) < 4.78 is 3.53. The predicted molar refractivity (Wildman–Crippen MR) is 131 cm³/mol. The van der Waals surface area contributed by atoms with Crippen LogP contribution in [0.1, 0.15) is 18.9 Å². The molecule has 0 aliphatic carbocycles. The summed E-state index contributed by atoms with van der Waals surface area (Å²) in [4.78, 5) is 26.4. The van der Waals surface area contributed by atoms with Gasteiger partial charge in [0.1, 0.15) is 0 Å². The molecule has 0 radical (unpaired) electrons. The number of hydrogen-bond acceptors (Lipinski definition) is 6. The van der Waals surface area contributed by atoms with Crippen LogP contribution in [0.3, 0.4) is 0 Å². The maximum atomic E-state index is 12.9. The molecule has 9 heteroatoms. The number of para-hydroxylation sites is 1. The van der Waals surface area contributed by atoms with Gasteiger partial charge in [-0.2, -0.15) is 0 Å². The van der Waals surface area contributed by atoms with Crippen LogP contribution in [0, 0.1) is 6.92 Å². The van der Waals surface area contributed by atoms with Gasteiger partial charge in [0, 0.05) is 23.7 Å². The number of hydrogen-bond donors (Lipinski definition) is 1. The van der Waals surface area contributed by atoms with Crippen LogP contribution < -0.4 is 10.9 Å². The molecule has 2 heterocycles. The van der Waals surface area contributed by atoms with Crippen LogP contribution in [-0.2, 0) is 11.3 Å². The minimum atomic E-state index is -0.0669. The molecule has 32 heavy (non-hydrogen) atoms. The number of nitrogens with zero attached hydrogens (tertiary/aromatic N) is 4. The highest BCUT2D eigenvalue weighted by atomic mass is 32.2. The molecule has 0 unspecified atom stereocenters. The monoisotopic (exact) mass is 467 g/mol. The fourth-order valence-corrected chi connectivity index (χ4v) is 4.97. The molecule has 0 aliphatic rings. The van der Waals surface area contributed by atoms with Gasteiger partial charge >= 0.3 is 0 Å². The van der Waals surface area contributed by atoms with Gasteiger partial charge in [-0.3, -0.25) is 18.6 Å². The number of nitrogens with one attached hydrogen (secondary N) is 1. The van der Waals surface area contributed by atoms with Gasteiger partial charge in [-0.1, -0.05) is 48.5 Å². The standard InChI is InChI=1S/C23H25N5O2S2/c1-3-13-27-21(30)18-6-4-5-7-19(18)28-22(27)25-26-23(28)32-15-20(29)24-12-14-31-17-10-8-16(2)9-11-17/h4-11H,3,12-15H2,1-2H3,(H,24,29). The molecule has 0 saturated carbocycles. The quantitative estimate of drug-likeness (QED) is 0.298. The number of carbonyl (C=O) groups excluding carboxylic acids is 1. The first kappa shape index (κ1) is 22.4. The molecule has 1 amide bonds. The van der Waals surface area contributed by atoms with E-state index in [1.54, 1.807) is 16.3 Å². The first-order valence-corrected chi connectivity index (χ1v) is 12.5. The summed E-state index contributed by atoms with van der Waals surface area (Å²) in [6.07, 6.45) is 0.812. The van der Waals surface area contributed by atoms with Crippen LogP contribution in [0.5, 0.6) is 0 Å². The Morgan fingerprint density at radius 2 is 1.84 bits per heavy atom. The van der Waals surface area contributed by atoms with Gasteiger partial charge < -0.3 is 5.32 Å². The van der Waals surface area contributed by atoms with Crippen LogP contribution in [0.4, 0.5) is 0 Å². The van der Waals surface area contributed by atoms with E-state index in [-0.39, 0.29) is 17.2 Å². The van der Waals surface area contributed by atoms with Gasteiger partial charge in [0.25, 0.3) is 5.56 Å². The summed E-state index contributed by atoms with van der Waals surface area (Å²) in [5.74, 6) is 1.49. The van der Waals surface area contributed by atoms with Crippen LogP contribution in [0.2, 0.25) is 0 Å². The molecule has 1 N–H and O–H groups in total. The Hall–Kier alpha value is -2.78. The Morgan fingerprint density at radius 1 is 1.06 bits per heavy atom. The second kappa shape index (κ2) is 10.2. The third-order valence-corrected chi connectivity index (χ3v) is 6.91. The van der Waals surface area contributed by atoms with Crippen molar-refractivity contribution in [2.75, 3.05) is 18.1 Å². The van der Waals surface area contributed by atoms with Crippen molar-refractivity contribution in [3.8, 4) is 0 Å². The molecule has 0 bridgehead atoms. The predicted octanol–water partition coefficient (Wildman–Crippen LogP) is 3.76. The lowest BCUT2D eigenvalue weighted by Crippen LogP contribution is -2.27. The van der Waals surface area contributed by atoms with Gasteiger partial charge in [-0.05, 0) is 37.6 Å². The minimum Gasteiger partial charge on any atom is -0.355 e. The van der Waals surface area contributed by atoms with E-state index in [1.807, 2.05) is 35.6 Å². The van der Waals surface area contributed by atoms with Crippen LogP contribution in [0.15, 0.2) is 63.4 Å². The fourth-order valence-electron chi connectivity index (χ4n) is 3.43. The minimum absolute atomic E-state index is 0.0533. The first-order valence-electron chi connectivity index (χ1n) is 10.5. The number of aromatic nitrogens is 4. The molecular weight excluding hydrogens is 442 g/mol. The zero-order chi connectivity index (χ0) is 22.5. The molecule has 0 saturated heterocycles. The van der Waals surface area contributed by atoms with Gasteiger partial charge in [-0.25, -0.2) is 0 Å². The van der Waals surface area contributed by atoms with Crippen LogP contribution in [-0.4, -0.2) is 43.1 Å². The third kappa shape index (κ3) is 4.83. The van der Waals surface area contributed by atoms with E-state index in [1.165, 1.54) is 22.2 Å².